The third-order valence-corrected chi connectivity index (χ3v) is 3.02. The molecule has 0 aliphatic carbocycles. The van der Waals surface area contributed by atoms with Crippen LogP contribution in [0.1, 0.15) is 37.2 Å². The molecule has 0 aliphatic heterocycles. The van der Waals surface area contributed by atoms with Crippen molar-refractivity contribution in [2.75, 3.05) is 13.6 Å². The van der Waals surface area contributed by atoms with Gasteiger partial charge < -0.3 is 15.2 Å². The van der Waals surface area contributed by atoms with Crippen LogP contribution in [-0.4, -0.2) is 34.7 Å². The number of aromatic nitrogens is 3. The molecule has 7 heteroatoms. The van der Waals surface area contributed by atoms with Crippen molar-refractivity contribution in [3.05, 3.63) is 41.8 Å². The first-order valence-corrected chi connectivity index (χ1v) is 7.36. The maximum absolute atomic E-state index is 5.20. The zero-order valence-corrected chi connectivity index (χ0v) is 13.2. The van der Waals surface area contributed by atoms with E-state index in [0.717, 1.165) is 11.5 Å². The van der Waals surface area contributed by atoms with Gasteiger partial charge in [0, 0.05) is 32.1 Å². The summed E-state index contributed by atoms with van der Waals surface area (Å²) < 4.78 is 5.20. The highest BCUT2D eigenvalue weighted by Gasteiger charge is 2.09. The van der Waals surface area contributed by atoms with Crippen LogP contribution in [0.4, 0.5) is 0 Å². The molecule has 0 unspecified atom stereocenters. The third kappa shape index (κ3) is 4.83. The van der Waals surface area contributed by atoms with Crippen LogP contribution in [0.25, 0.3) is 0 Å². The highest BCUT2D eigenvalue weighted by molar-refractivity contribution is 5.79. The summed E-state index contributed by atoms with van der Waals surface area (Å²) in [5.41, 5.74) is 0.962. The minimum absolute atomic E-state index is 0.276. The molecule has 2 rings (SSSR count). The predicted octanol–water partition coefficient (Wildman–Crippen LogP) is 1.50. The summed E-state index contributed by atoms with van der Waals surface area (Å²) in [6.45, 7) is 5.37. The Labute approximate surface area is 130 Å². The molecule has 2 heterocycles. The average molecular weight is 302 g/mol. The van der Waals surface area contributed by atoms with E-state index in [9.17, 15) is 0 Å². The van der Waals surface area contributed by atoms with Crippen molar-refractivity contribution in [3.63, 3.8) is 0 Å². The second-order valence-corrected chi connectivity index (χ2v) is 5.12. The number of hydrogen-bond acceptors (Lipinski definition) is 5. The lowest BCUT2D eigenvalue weighted by atomic mass is 10.2. The number of rotatable bonds is 6. The molecule has 0 aliphatic rings. The van der Waals surface area contributed by atoms with E-state index in [0.29, 0.717) is 31.4 Å². The van der Waals surface area contributed by atoms with E-state index in [-0.39, 0.29) is 5.92 Å². The molecule has 0 amide bonds. The van der Waals surface area contributed by atoms with Crippen molar-refractivity contribution in [1.29, 1.82) is 0 Å². The molecule has 2 aromatic heterocycles. The molecule has 0 radical (unpaired) electrons. The van der Waals surface area contributed by atoms with Crippen molar-refractivity contribution in [1.82, 2.24) is 25.8 Å². The fourth-order valence-electron chi connectivity index (χ4n) is 1.79. The third-order valence-electron chi connectivity index (χ3n) is 3.02. The summed E-state index contributed by atoms with van der Waals surface area (Å²) in [6, 6.07) is 5.82. The molecule has 0 saturated carbocycles. The van der Waals surface area contributed by atoms with Crippen LogP contribution in [0, 0.1) is 0 Å². The standard InChI is InChI=1S/C15H22N6O/c1-11(2)14-20-13(22-21-14)7-9-18-15(16-3)19-10-12-6-4-5-8-17-12/h4-6,8,11H,7,9-10H2,1-3H3,(H2,16,18,19). The van der Waals surface area contributed by atoms with Crippen molar-refractivity contribution in [3.8, 4) is 0 Å². The van der Waals surface area contributed by atoms with Gasteiger partial charge in [-0.3, -0.25) is 9.98 Å². The van der Waals surface area contributed by atoms with Crippen molar-refractivity contribution >= 4 is 5.96 Å². The molecule has 118 valence electrons. The fraction of sp³-hybridized carbons (Fsp3) is 0.467. The Balaban J connectivity index is 1.74. The van der Waals surface area contributed by atoms with Gasteiger partial charge in [0.1, 0.15) is 0 Å². The van der Waals surface area contributed by atoms with Crippen LogP contribution in [0.2, 0.25) is 0 Å². The van der Waals surface area contributed by atoms with E-state index in [1.165, 1.54) is 0 Å². The highest BCUT2D eigenvalue weighted by Crippen LogP contribution is 2.09. The Morgan fingerprint density at radius 3 is 2.82 bits per heavy atom. The Bertz CT molecular complexity index is 593. The summed E-state index contributed by atoms with van der Waals surface area (Å²) in [5.74, 6) is 2.37. The van der Waals surface area contributed by atoms with Gasteiger partial charge in [-0.05, 0) is 12.1 Å². The molecular formula is C15H22N6O. The number of hydrogen-bond donors (Lipinski definition) is 2. The Morgan fingerprint density at radius 2 is 2.18 bits per heavy atom. The zero-order valence-electron chi connectivity index (χ0n) is 13.2. The lowest BCUT2D eigenvalue weighted by Crippen LogP contribution is -2.38. The summed E-state index contributed by atoms with van der Waals surface area (Å²) in [5, 5.41) is 10.4. The average Bonchev–Trinajstić information content (AvgIpc) is 3.01. The molecule has 7 nitrogen and oxygen atoms in total. The second-order valence-electron chi connectivity index (χ2n) is 5.12. The first kappa shape index (κ1) is 15.9. The molecular weight excluding hydrogens is 280 g/mol. The van der Waals surface area contributed by atoms with Gasteiger partial charge in [0.15, 0.2) is 11.8 Å². The maximum atomic E-state index is 5.20. The van der Waals surface area contributed by atoms with Gasteiger partial charge in [0.2, 0.25) is 5.89 Å². The summed E-state index contributed by atoms with van der Waals surface area (Å²) in [7, 11) is 1.73. The van der Waals surface area contributed by atoms with Crippen LogP contribution < -0.4 is 10.6 Å². The zero-order chi connectivity index (χ0) is 15.8. The quantitative estimate of drug-likeness (QED) is 0.621. The van der Waals surface area contributed by atoms with E-state index >= 15 is 0 Å². The highest BCUT2D eigenvalue weighted by atomic mass is 16.5. The number of pyridine rings is 1. The SMILES string of the molecule is CN=C(NCCc1nc(C(C)C)no1)NCc1ccccn1. The van der Waals surface area contributed by atoms with E-state index in [1.807, 2.05) is 32.0 Å². The molecule has 0 fully saturated rings. The van der Waals surface area contributed by atoms with Crippen LogP contribution in [0.3, 0.4) is 0 Å². The van der Waals surface area contributed by atoms with Crippen molar-refractivity contribution < 1.29 is 4.52 Å². The number of aliphatic imine (C=N–C) groups is 1. The Morgan fingerprint density at radius 1 is 1.32 bits per heavy atom. The van der Waals surface area contributed by atoms with Crippen LogP contribution >= 0.6 is 0 Å². The van der Waals surface area contributed by atoms with E-state index < -0.39 is 0 Å². The van der Waals surface area contributed by atoms with E-state index in [2.05, 4.69) is 30.8 Å². The fourth-order valence-corrected chi connectivity index (χ4v) is 1.79. The molecule has 0 bridgehead atoms. The lowest BCUT2D eigenvalue weighted by molar-refractivity contribution is 0.371. The topological polar surface area (TPSA) is 88.2 Å². The summed E-state index contributed by atoms with van der Waals surface area (Å²) >= 11 is 0. The van der Waals surface area contributed by atoms with E-state index in [1.54, 1.807) is 13.2 Å². The predicted molar refractivity (Wildman–Crippen MR) is 84.5 cm³/mol. The smallest absolute Gasteiger partial charge is 0.228 e. The van der Waals surface area contributed by atoms with E-state index in [4.69, 9.17) is 4.52 Å². The minimum atomic E-state index is 0.276. The molecule has 22 heavy (non-hydrogen) atoms. The molecule has 0 aromatic carbocycles. The molecule has 0 spiro atoms. The Hall–Kier alpha value is -2.44. The number of guanidine groups is 1. The van der Waals surface area contributed by atoms with Crippen molar-refractivity contribution in [2.24, 2.45) is 4.99 Å². The normalized spacial score (nSPS) is 11.7. The van der Waals surface area contributed by atoms with Gasteiger partial charge in [-0.25, -0.2) is 0 Å². The first-order chi connectivity index (χ1) is 10.7. The second kappa shape index (κ2) is 8.11. The lowest BCUT2D eigenvalue weighted by Gasteiger charge is -2.10. The molecule has 0 atom stereocenters. The molecule has 2 aromatic rings. The van der Waals surface area contributed by atoms with Crippen LogP contribution in [0.5, 0.6) is 0 Å². The summed E-state index contributed by atoms with van der Waals surface area (Å²) in [6.07, 6.45) is 2.43. The largest absolute Gasteiger partial charge is 0.356 e. The van der Waals surface area contributed by atoms with Crippen LogP contribution in [-0.2, 0) is 13.0 Å². The molecule has 0 saturated heterocycles. The first-order valence-electron chi connectivity index (χ1n) is 7.36. The number of nitrogens with zero attached hydrogens (tertiary/aromatic N) is 4. The summed E-state index contributed by atoms with van der Waals surface area (Å²) in [4.78, 5) is 12.8. The Kier molecular flexibility index (Phi) is 5.88. The van der Waals surface area contributed by atoms with Gasteiger partial charge in [0.25, 0.3) is 0 Å². The van der Waals surface area contributed by atoms with Gasteiger partial charge in [0.05, 0.1) is 12.2 Å². The van der Waals surface area contributed by atoms with Gasteiger partial charge in [-0.15, -0.1) is 0 Å². The minimum Gasteiger partial charge on any atom is -0.356 e. The number of nitrogens with one attached hydrogen (secondary N) is 2. The maximum Gasteiger partial charge on any atom is 0.228 e. The molecule has 2 N–H and O–H groups in total. The monoisotopic (exact) mass is 302 g/mol. The van der Waals surface area contributed by atoms with Crippen molar-refractivity contribution in [2.45, 2.75) is 32.7 Å². The van der Waals surface area contributed by atoms with Crippen LogP contribution in [0.15, 0.2) is 33.9 Å². The van der Waals surface area contributed by atoms with Gasteiger partial charge in [-0.2, -0.15) is 4.98 Å². The van der Waals surface area contributed by atoms with Gasteiger partial charge >= 0.3 is 0 Å². The van der Waals surface area contributed by atoms with Gasteiger partial charge in [-0.1, -0.05) is 25.1 Å².